The molecular formula is C16H19N3OS. The van der Waals surface area contributed by atoms with E-state index in [1.165, 1.54) is 0 Å². The second-order valence-electron chi connectivity index (χ2n) is 5.32. The summed E-state index contributed by atoms with van der Waals surface area (Å²) in [7, 11) is 0. The van der Waals surface area contributed by atoms with Gasteiger partial charge in [-0.3, -0.25) is 4.79 Å². The Kier molecular flexibility index (Phi) is 4.01. The molecule has 110 valence electrons. The summed E-state index contributed by atoms with van der Waals surface area (Å²) < 4.78 is 1.75. The molecule has 1 aromatic heterocycles. The van der Waals surface area contributed by atoms with Gasteiger partial charge in [0.15, 0.2) is 0 Å². The molecule has 1 amide bonds. The Balaban J connectivity index is 1.81. The number of para-hydroxylation sites is 1. The second kappa shape index (κ2) is 5.93. The van der Waals surface area contributed by atoms with Crippen molar-refractivity contribution in [3.05, 3.63) is 48.3 Å². The highest BCUT2D eigenvalue weighted by molar-refractivity contribution is 8.00. The van der Waals surface area contributed by atoms with Crippen LogP contribution in [-0.4, -0.2) is 44.2 Å². The first kappa shape index (κ1) is 14.2. The lowest BCUT2D eigenvalue weighted by Crippen LogP contribution is -2.47. The van der Waals surface area contributed by atoms with Crippen molar-refractivity contribution in [2.45, 2.75) is 25.1 Å². The van der Waals surface area contributed by atoms with Crippen LogP contribution in [0.15, 0.2) is 42.7 Å². The number of rotatable bonds is 2. The number of hydrogen-bond acceptors (Lipinski definition) is 3. The first-order valence-corrected chi connectivity index (χ1v) is 8.24. The highest BCUT2D eigenvalue weighted by atomic mass is 32.2. The molecule has 0 aliphatic carbocycles. The van der Waals surface area contributed by atoms with Crippen molar-refractivity contribution in [3.8, 4) is 5.69 Å². The number of nitrogens with zero attached hydrogens (tertiary/aromatic N) is 3. The van der Waals surface area contributed by atoms with Crippen LogP contribution in [0.1, 0.15) is 24.2 Å². The molecule has 0 bridgehead atoms. The molecule has 2 aromatic rings. The van der Waals surface area contributed by atoms with Gasteiger partial charge in [0.1, 0.15) is 0 Å². The molecule has 1 aliphatic rings. The van der Waals surface area contributed by atoms with Crippen molar-refractivity contribution in [2.24, 2.45) is 0 Å². The highest BCUT2D eigenvalue weighted by Crippen LogP contribution is 2.25. The topological polar surface area (TPSA) is 38.1 Å². The summed E-state index contributed by atoms with van der Waals surface area (Å²) in [5, 5.41) is 4.79. The van der Waals surface area contributed by atoms with Gasteiger partial charge in [-0.15, -0.1) is 0 Å². The van der Waals surface area contributed by atoms with Crippen LogP contribution < -0.4 is 0 Å². The van der Waals surface area contributed by atoms with Gasteiger partial charge in [-0.1, -0.05) is 25.1 Å². The van der Waals surface area contributed by atoms with Gasteiger partial charge in [-0.25, -0.2) is 4.68 Å². The molecule has 2 atom stereocenters. The van der Waals surface area contributed by atoms with Crippen LogP contribution in [0.4, 0.5) is 0 Å². The normalized spacial score (nSPS) is 22.3. The van der Waals surface area contributed by atoms with Gasteiger partial charge in [0.25, 0.3) is 5.91 Å². The number of aromatic nitrogens is 2. The van der Waals surface area contributed by atoms with Gasteiger partial charge in [0.2, 0.25) is 0 Å². The SMILES string of the molecule is C[C@@H]1SCCN(C(=O)c2cnn(-c3ccccc3)c2)[C@@H]1C. The Morgan fingerprint density at radius 2 is 2.05 bits per heavy atom. The van der Waals surface area contributed by atoms with E-state index in [0.717, 1.165) is 18.0 Å². The van der Waals surface area contributed by atoms with E-state index < -0.39 is 0 Å². The molecule has 0 unspecified atom stereocenters. The second-order valence-corrected chi connectivity index (χ2v) is 6.81. The summed E-state index contributed by atoms with van der Waals surface area (Å²) in [6, 6.07) is 10.1. The van der Waals surface area contributed by atoms with Crippen molar-refractivity contribution in [1.82, 2.24) is 14.7 Å². The van der Waals surface area contributed by atoms with Crippen LogP contribution in [0, 0.1) is 0 Å². The maximum atomic E-state index is 12.7. The summed E-state index contributed by atoms with van der Waals surface area (Å²) in [5.41, 5.74) is 1.62. The average molecular weight is 301 g/mol. The largest absolute Gasteiger partial charge is 0.334 e. The fraction of sp³-hybridized carbons (Fsp3) is 0.375. The molecule has 3 rings (SSSR count). The maximum Gasteiger partial charge on any atom is 0.257 e. The van der Waals surface area contributed by atoms with Crippen molar-refractivity contribution < 1.29 is 4.79 Å². The van der Waals surface area contributed by atoms with Gasteiger partial charge in [0.05, 0.1) is 17.4 Å². The van der Waals surface area contributed by atoms with Crippen LogP contribution in [-0.2, 0) is 0 Å². The van der Waals surface area contributed by atoms with Crippen LogP contribution in [0.5, 0.6) is 0 Å². The van der Waals surface area contributed by atoms with Crippen LogP contribution in [0.3, 0.4) is 0 Å². The molecule has 0 N–H and O–H groups in total. The van der Waals surface area contributed by atoms with Crippen molar-refractivity contribution in [1.29, 1.82) is 0 Å². The summed E-state index contributed by atoms with van der Waals surface area (Å²) in [4.78, 5) is 14.6. The summed E-state index contributed by atoms with van der Waals surface area (Å²) in [6.45, 7) is 5.12. The van der Waals surface area contributed by atoms with Gasteiger partial charge in [0, 0.05) is 29.8 Å². The first-order valence-electron chi connectivity index (χ1n) is 7.19. The predicted molar refractivity (Wildman–Crippen MR) is 86.0 cm³/mol. The number of benzene rings is 1. The van der Waals surface area contributed by atoms with E-state index in [0.29, 0.717) is 10.8 Å². The van der Waals surface area contributed by atoms with E-state index in [2.05, 4.69) is 18.9 Å². The molecule has 0 spiro atoms. The van der Waals surface area contributed by atoms with E-state index in [1.807, 2.05) is 53.2 Å². The monoisotopic (exact) mass is 301 g/mol. The van der Waals surface area contributed by atoms with E-state index in [1.54, 1.807) is 10.9 Å². The van der Waals surface area contributed by atoms with Gasteiger partial charge in [-0.2, -0.15) is 16.9 Å². The van der Waals surface area contributed by atoms with E-state index >= 15 is 0 Å². The van der Waals surface area contributed by atoms with E-state index in [-0.39, 0.29) is 11.9 Å². The van der Waals surface area contributed by atoms with Crippen LogP contribution >= 0.6 is 11.8 Å². The minimum Gasteiger partial charge on any atom is -0.334 e. The van der Waals surface area contributed by atoms with Gasteiger partial charge in [-0.05, 0) is 19.1 Å². The minimum absolute atomic E-state index is 0.0804. The molecule has 0 radical (unpaired) electrons. The van der Waals surface area contributed by atoms with Gasteiger partial charge < -0.3 is 4.90 Å². The average Bonchev–Trinajstić information content (AvgIpc) is 3.00. The Labute approximate surface area is 129 Å². The number of amides is 1. The van der Waals surface area contributed by atoms with Crippen molar-refractivity contribution in [3.63, 3.8) is 0 Å². The lowest BCUT2D eigenvalue weighted by molar-refractivity contribution is 0.0698. The van der Waals surface area contributed by atoms with E-state index in [4.69, 9.17) is 0 Å². The summed E-state index contributed by atoms with van der Waals surface area (Å²) in [6.07, 6.45) is 3.48. The lowest BCUT2D eigenvalue weighted by atomic mass is 10.2. The number of carbonyl (C=O) groups is 1. The Morgan fingerprint density at radius 1 is 1.29 bits per heavy atom. The third kappa shape index (κ3) is 2.83. The predicted octanol–water partition coefficient (Wildman–Crippen LogP) is 2.84. The molecule has 4 nitrogen and oxygen atoms in total. The molecule has 21 heavy (non-hydrogen) atoms. The summed E-state index contributed by atoms with van der Waals surface area (Å²) >= 11 is 1.93. The summed E-state index contributed by atoms with van der Waals surface area (Å²) in [5.74, 6) is 1.08. The first-order chi connectivity index (χ1) is 10.2. The molecule has 1 saturated heterocycles. The molecule has 0 saturated carbocycles. The molecular weight excluding hydrogens is 282 g/mol. The molecule has 1 aliphatic heterocycles. The zero-order valence-corrected chi connectivity index (χ0v) is 13.1. The van der Waals surface area contributed by atoms with Crippen molar-refractivity contribution >= 4 is 17.7 Å². The fourth-order valence-electron chi connectivity index (χ4n) is 2.54. The zero-order valence-electron chi connectivity index (χ0n) is 12.3. The quantitative estimate of drug-likeness (QED) is 0.856. The van der Waals surface area contributed by atoms with E-state index in [9.17, 15) is 4.79 Å². The third-order valence-electron chi connectivity index (χ3n) is 4.00. The van der Waals surface area contributed by atoms with Gasteiger partial charge >= 0.3 is 0 Å². The minimum atomic E-state index is 0.0804. The lowest BCUT2D eigenvalue weighted by Gasteiger charge is -2.37. The highest BCUT2D eigenvalue weighted by Gasteiger charge is 2.30. The number of thioether (sulfide) groups is 1. The molecule has 2 heterocycles. The zero-order chi connectivity index (χ0) is 14.8. The molecule has 5 heteroatoms. The maximum absolute atomic E-state index is 12.7. The molecule has 1 fully saturated rings. The molecule has 1 aromatic carbocycles. The van der Waals surface area contributed by atoms with Crippen LogP contribution in [0.25, 0.3) is 5.69 Å². The Bertz CT molecular complexity index is 625. The Morgan fingerprint density at radius 3 is 2.81 bits per heavy atom. The smallest absolute Gasteiger partial charge is 0.257 e. The number of hydrogen-bond donors (Lipinski definition) is 0. The van der Waals surface area contributed by atoms with Crippen molar-refractivity contribution in [2.75, 3.05) is 12.3 Å². The Hall–Kier alpha value is -1.75. The standard InChI is InChI=1S/C16H19N3OS/c1-12-13(2)21-9-8-18(12)16(20)14-10-17-19(11-14)15-6-4-3-5-7-15/h3-7,10-13H,8-9H2,1-2H3/t12-,13+/m1/s1. The number of carbonyl (C=O) groups excluding carboxylic acids is 1. The fourth-order valence-corrected chi connectivity index (χ4v) is 3.64. The third-order valence-corrected chi connectivity index (χ3v) is 5.33. The van der Waals surface area contributed by atoms with Crippen LogP contribution in [0.2, 0.25) is 0 Å².